The van der Waals surface area contributed by atoms with Crippen molar-refractivity contribution in [2.75, 3.05) is 0 Å². The highest BCUT2D eigenvalue weighted by atomic mass is 16.6. The minimum Gasteiger partial charge on any atom is -0.480 e. The molecule has 1 aromatic carbocycles. The average molecular weight is 446 g/mol. The van der Waals surface area contributed by atoms with Crippen LogP contribution in [0.4, 0.5) is 0 Å². The van der Waals surface area contributed by atoms with Gasteiger partial charge in [0.2, 0.25) is 5.91 Å². The Morgan fingerprint density at radius 2 is 1.62 bits per heavy atom. The van der Waals surface area contributed by atoms with Crippen molar-refractivity contribution in [2.24, 2.45) is 16.7 Å². The van der Waals surface area contributed by atoms with E-state index in [4.69, 9.17) is 4.74 Å². The van der Waals surface area contributed by atoms with Crippen LogP contribution < -0.4 is 0 Å². The van der Waals surface area contributed by atoms with Gasteiger partial charge in [0.1, 0.15) is 11.6 Å². The van der Waals surface area contributed by atoms with Crippen LogP contribution in [0, 0.1) is 16.7 Å². The lowest BCUT2D eigenvalue weighted by Gasteiger charge is -2.38. The van der Waals surface area contributed by atoms with E-state index < -0.39 is 40.5 Å². The van der Waals surface area contributed by atoms with Crippen LogP contribution in [0.2, 0.25) is 0 Å². The molecule has 1 aliphatic heterocycles. The maximum absolute atomic E-state index is 13.5. The molecule has 0 bridgehead atoms. The molecule has 1 saturated heterocycles. The first kappa shape index (κ1) is 25.9. The van der Waals surface area contributed by atoms with Crippen molar-refractivity contribution in [1.82, 2.24) is 4.90 Å². The summed E-state index contributed by atoms with van der Waals surface area (Å²) in [7, 11) is 0. The highest BCUT2D eigenvalue weighted by molar-refractivity contribution is 5.91. The fraction of sp³-hybridized carbons (Fsp3) is 0.654. The Hall–Kier alpha value is -2.37. The standard InChI is InChI=1S/C26H39NO5/c1-16(2)14-17-10-12-18(13-11-17)20-26(9,23(31)32-25(6,7)8)15-19(21(28)29)27(20)22(30)24(3,4)5/h10-13,16,19-20H,14-15H2,1-9H3,(H,28,29)/t19-,20-,26-/m1/s1. The van der Waals surface area contributed by atoms with Crippen LogP contribution in [-0.2, 0) is 25.5 Å². The molecule has 1 fully saturated rings. The Balaban J connectivity index is 2.65. The van der Waals surface area contributed by atoms with E-state index in [1.165, 1.54) is 4.90 Å². The highest BCUT2D eigenvalue weighted by Crippen LogP contribution is 2.52. The third-order valence-corrected chi connectivity index (χ3v) is 5.80. The number of carboxylic acids is 1. The topological polar surface area (TPSA) is 83.9 Å². The monoisotopic (exact) mass is 445 g/mol. The zero-order valence-corrected chi connectivity index (χ0v) is 21.0. The number of hydrogen-bond donors (Lipinski definition) is 1. The molecule has 32 heavy (non-hydrogen) atoms. The fourth-order valence-corrected chi connectivity index (χ4v) is 4.38. The molecule has 6 heteroatoms. The van der Waals surface area contributed by atoms with Crippen molar-refractivity contribution < 1.29 is 24.2 Å². The van der Waals surface area contributed by atoms with Gasteiger partial charge in [0, 0.05) is 5.41 Å². The van der Waals surface area contributed by atoms with Gasteiger partial charge in [-0.3, -0.25) is 9.59 Å². The predicted molar refractivity (Wildman–Crippen MR) is 124 cm³/mol. The molecule has 0 aromatic heterocycles. The number of esters is 1. The number of ether oxygens (including phenoxy) is 1. The quantitative estimate of drug-likeness (QED) is 0.645. The molecule has 0 aliphatic carbocycles. The van der Waals surface area contributed by atoms with Gasteiger partial charge in [-0.2, -0.15) is 0 Å². The molecule has 3 atom stereocenters. The number of carbonyl (C=O) groups excluding carboxylic acids is 2. The molecule has 0 radical (unpaired) electrons. The van der Waals surface area contributed by atoms with Crippen LogP contribution in [0.15, 0.2) is 24.3 Å². The van der Waals surface area contributed by atoms with Gasteiger partial charge in [0.05, 0.1) is 11.5 Å². The smallest absolute Gasteiger partial charge is 0.326 e. The molecule has 0 unspecified atom stereocenters. The van der Waals surface area contributed by atoms with E-state index in [1.807, 2.05) is 24.3 Å². The molecule has 178 valence electrons. The van der Waals surface area contributed by atoms with Crippen molar-refractivity contribution in [3.63, 3.8) is 0 Å². The number of amides is 1. The summed E-state index contributed by atoms with van der Waals surface area (Å²) in [6.07, 6.45) is 0.911. The van der Waals surface area contributed by atoms with E-state index in [-0.39, 0.29) is 12.3 Å². The lowest BCUT2D eigenvalue weighted by atomic mass is 9.77. The second kappa shape index (κ2) is 8.87. The summed E-state index contributed by atoms with van der Waals surface area (Å²) in [5.41, 5.74) is -0.831. The third-order valence-electron chi connectivity index (χ3n) is 5.80. The number of carbonyl (C=O) groups is 3. The first-order chi connectivity index (χ1) is 14.5. The zero-order chi connectivity index (χ0) is 24.6. The molecule has 0 spiro atoms. The van der Waals surface area contributed by atoms with Gasteiger partial charge in [-0.25, -0.2) is 4.79 Å². The Morgan fingerprint density at radius 3 is 2.03 bits per heavy atom. The lowest BCUT2D eigenvalue weighted by molar-refractivity contribution is -0.169. The SMILES string of the molecule is CC(C)Cc1ccc([C@H]2N(C(=O)C(C)(C)C)[C@@H](C(=O)O)C[C@@]2(C)C(=O)OC(C)(C)C)cc1. The minimum absolute atomic E-state index is 0.00250. The second-order valence-electron chi connectivity index (χ2n) is 11.7. The first-order valence-corrected chi connectivity index (χ1v) is 11.3. The summed E-state index contributed by atoms with van der Waals surface area (Å²) in [4.78, 5) is 40.5. The Kier molecular flexibility index (Phi) is 7.18. The molecule has 6 nitrogen and oxygen atoms in total. The fourth-order valence-electron chi connectivity index (χ4n) is 4.38. The summed E-state index contributed by atoms with van der Waals surface area (Å²) in [5.74, 6) is -1.41. The van der Waals surface area contributed by atoms with Crippen molar-refractivity contribution >= 4 is 17.8 Å². The minimum atomic E-state index is -1.20. The predicted octanol–water partition coefficient (Wildman–Crippen LogP) is 5.01. The maximum Gasteiger partial charge on any atom is 0.326 e. The number of carboxylic acid groups (broad SMARTS) is 1. The zero-order valence-electron chi connectivity index (χ0n) is 21.0. The van der Waals surface area contributed by atoms with Gasteiger partial charge in [0.15, 0.2) is 0 Å². The van der Waals surface area contributed by atoms with E-state index in [0.717, 1.165) is 17.5 Å². The van der Waals surface area contributed by atoms with E-state index >= 15 is 0 Å². The van der Waals surface area contributed by atoms with Gasteiger partial charge >= 0.3 is 11.9 Å². The lowest BCUT2D eigenvalue weighted by Crippen LogP contribution is -2.48. The molecule has 1 heterocycles. The number of hydrogen-bond acceptors (Lipinski definition) is 4. The number of nitrogens with zero attached hydrogens (tertiary/aromatic N) is 1. The third kappa shape index (κ3) is 5.51. The molecule has 2 rings (SSSR count). The van der Waals surface area contributed by atoms with Gasteiger partial charge in [0.25, 0.3) is 0 Å². The van der Waals surface area contributed by atoms with Gasteiger partial charge < -0.3 is 14.7 Å². The van der Waals surface area contributed by atoms with E-state index in [2.05, 4.69) is 13.8 Å². The van der Waals surface area contributed by atoms with E-state index in [9.17, 15) is 19.5 Å². The Labute approximate surface area is 192 Å². The average Bonchev–Trinajstić information content (AvgIpc) is 2.94. The van der Waals surface area contributed by atoms with Crippen LogP contribution in [-0.4, -0.2) is 39.5 Å². The van der Waals surface area contributed by atoms with Gasteiger partial charge in [-0.05, 0) is 57.6 Å². The highest BCUT2D eigenvalue weighted by Gasteiger charge is 2.60. The molecule has 1 N–H and O–H groups in total. The molecule has 1 aliphatic rings. The van der Waals surface area contributed by atoms with Crippen LogP contribution in [0.5, 0.6) is 0 Å². The van der Waals surface area contributed by atoms with Crippen LogP contribution in [0.3, 0.4) is 0 Å². The van der Waals surface area contributed by atoms with Crippen molar-refractivity contribution in [1.29, 1.82) is 0 Å². The Bertz CT molecular complexity index is 860. The summed E-state index contributed by atoms with van der Waals surface area (Å²) in [6.45, 7) is 16.7. The first-order valence-electron chi connectivity index (χ1n) is 11.3. The number of rotatable bonds is 5. The van der Waals surface area contributed by atoms with E-state index in [0.29, 0.717) is 5.92 Å². The number of aliphatic carboxylic acids is 1. The maximum atomic E-state index is 13.5. The second-order valence-corrected chi connectivity index (χ2v) is 11.7. The van der Waals surface area contributed by atoms with Gasteiger partial charge in [-0.15, -0.1) is 0 Å². The van der Waals surface area contributed by atoms with Crippen LogP contribution >= 0.6 is 0 Å². The largest absolute Gasteiger partial charge is 0.480 e. The normalized spacial score (nSPS) is 24.0. The molecular formula is C26H39NO5. The van der Waals surface area contributed by atoms with Crippen molar-refractivity contribution in [3.05, 3.63) is 35.4 Å². The van der Waals surface area contributed by atoms with Gasteiger partial charge in [-0.1, -0.05) is 58.9 Å². The number of benzene rings is 1. The molecule has 1 amide bonds. The number of likely N-dealkylation sites (tertiary alicyclic amines) is 1. The molecule has 1 aromatic rings. The summed E-state index contributed by atoms with van der Waals surface area (Å²) >= 11 is 0. The summed E-state index contributed by atoms with van der Waals surface area (Å²) in [6, 6.07) is 5.98. The molecule has 0 saturated carbocycles. The Morgan fingerprint density at radius 1 is 1.09 bits per heavy atom. The van der Waals surface area contributed by atoms with Crippen molar-refractivity contribution in [3.8, 4) is 0 Å². The summed E-state index contributed by atoms with van der Waals surface area (Å²) < 4.78 is 5.72. The molecular weight excluding hydrogens is 406 g/mol. The van der Waals surface area contributed by atoms with E-state index in [1.54, 1.807) is 48.5 Å². The summed E-state index contributed by atoms with van der Waals surface area (Å²) in [5, 5.41) is 10.0. The van der Waals surface area contributed by atoms with Crippen LogP contribution in [0.1, 0.15) is 85.9 Å². The van der Waals surface area contributed by atoms with Crippen LogP contribution in [0.25, 0.3) is 0 Å². The van der Waals surface area contributed by atoms with Crippen molar-refractivity contribution in [2.45, 2.75) is 92.8 Å².